The second-order valence-electron chi connectivity index (χ2n) is 7.41. The highest BCUT2D eigenvalue weighted by Crippen LogP contribution is 2.27. The number of hydrogen-bond donors (Lipinski definition) is 1. The molecule has 1 saturated heterocycles. The summed E-state index contributed by atoms with van der Waals surface area (Å²) in [4.78, 5) is 15.3. The van der Waals surface area contributed by atoms with Crippen molar-refractivity contribution in [3.63, 3.8) is 0 Å². The summed E-state index contributed by atoms with van der Waals surface area (Å²) < 4.78 is 7.22. The van der Waals surface area contributed by atoms with Crippen LogP contribution in [0.3, 0.4) is 0 Å². The molecule has 1 aliphatic rings. The average Bonchev–Trinajstić information content (AvgIpc) is 3.17. The van der Waals surface area contributed by atoms with Gasteiger partial charge < -0.3 is 15.0 Å². The second kappa shape index (κ2) is 9.78. The Bertz CT molecular complexity index is 990. The Morgan fingerprint density at radius 1 is 1.20 bits per heavy atom. The van der Waals surface area contributed by atoms with Gasteiger partial charge >= 0.3 is 0 Å². The van der Waals surface area contributed by atoms with Crippen LogP contribution < -0.4 is 10.1 Å². The maximum Gasteiger partial charge on any atom is 0.257 e. The monoisotopic (exact) mass is 426 g/mol. The fraction of sp³-hybridized carbons (Fsp3) is 0.304. The van der Waals surface area contributed by atoms with E-state index in [1.54, 1.807) is 7.11 Å². The number of ether oxygens (including phenoxy) is 1. The SMILES string of the molecule is COc1cccc(-c2nn(Cc3ccccc3)cc2C(=O)N2CCNC(C)C2)c1.Cl. The fourth-order valence-corrected chi connectivity index (χ4v) is 3.70. The second-order valence-corrected chi connectivity index (χ2v) is 7.41. The van der Waals surface area contributed by atoms with E-state index in [-0.39, 0.29) is 24.4 Å². The maximum absolute atomic E-state index is 13.4. The quantitative estimate of drug-likeness (QED) is 0.678. The number of benzene rings is 2. The van der Waals surface area contributed by atoms with Crippen LogP contribution in [0, 0.1) is 0 Å². The number of aromatic nitrogens is 2. The summed E-state index contributed by atoms with van der Waals surface area (Å²) in [5.74, 6) is 0.768. The highest BCUT2D eigenvalue weighted by Gasteiger charge is 2.26. The van der Waals surface area contributed by atoms with Crippen molar-refractivity contribution in [3.05, 3.63) is 71.9 Å². The van der Waals surface area contributed by atoms with Gasteiger partial charge in [-0.1, -0.05) is 42.5 Å². The molecule has 1 fully saturated rings. The van der Waals surface area contributed by atoms with Crippen LogP contribution in [0.1, 0.15) is 22.8 Å². The first-order valence-corrected chi connectivity index (χ1v) is 9.92. The van der Waals surface area contributed by atoms with Gasteiger partial charge in [0.25, 0.3) is 5.91 Å². The van der Waals surface area contributed by atoms with Crippen LogP contribution >= 0.6 is 12.4 Å². The van der Waals surface area contributed by atoms with Gasteiger partial charge in [-0.25, -0.2) is 0 Å². The normalized spacial score (nSPS) is 16.1. The van der Waals surface area contributed by atoms with E-state index in [2.05, 4.69) is 24.4 Å². The minimum Gasteiger partial charge on any atom is -0.497 e. The molecule has 0 radical (unpaired) electrons. The minimum atomic E-state index is 0. The number of rotatable bonds is 5. The molecule has 30 heavy (non-hydrogen) atoms. The van der Waals surface area contributed by atoms with Crippen molar-refractivity contribution >= 4 is 18.3 Å². The van der Waals surface area contributed by atoms with Crippen LogP contribution in [0.25, 0.3) is 11.3 Å². The van der Waals surface area contributed by atoms with Crippen molar-refractivity contribution < 1.29 is 9.53 Å². The highest BCUT2D eigenvalue weighted by molar-refractivity contribution is 6.00. The zero-order valence-electron chi connectivity index (χ0n) is 17.2. The molecule has 2 aromatic carbocycles. The maximum atomic E-state index is 13.4. The summed E-state index contributed by atoms with van der Waals surface area (Å²) in [7, 11) is 1.64. The average molecular weight is 427 g/mol. The number of nitrogens with zero attached hydrogens (tertiary/aromatic N) is 3. The zero-order chi connectivity index (χ0) is 20.2. The third-order valence-electron chi connectivity index (χ3n) is 5.18. The topological polar surface area (TPSA) is 59.4 Å². The molecule has 1 atom stereocenters. The van der Waals surface area contributed by atoms with Crippen molar-refractivity contribution in [3.8, 4) is 17.0 Å². The lowest BCUT2D eigenvalue weighted by Crippen LogP contribution is -2.51. The van der Waals surface area contributed by atoms with Crippen molar-refractivity contribution in [1.29, 1.82) is 0 Å². The molecule has 1 aliphatic heterocycles. The zero-order valence-corrected chi connectivity index (χ0v) is 18.1. The van der Waals surface area contributed by atoms with Gasteiger partial charge in [-0.05, 0) is 24.6 Å². The van der Waals surface area contributed by atoms with Gasteiger partial charge in [-0.3, -0.25) is 9.48 Å². The van der Waals surface area contributed by atoms with Crippen molar-refractivity contribution in [2.45, 2.75) is 19.5 Å². The highest BCUT2D eigenvalue weighted by atomic mass is 35.5. The van der Waals surface area contributed by atoms with Crippen molar-refractivity contribution in [1.82, 2.24) is 20.0 Å². The Labute approximate surface area is 183 Å². The lowest BCUT2D eigenvalue weighted by Gasteiger charge is -2.31. The molecule has 1 unspecified atom stereocenters. The molecule has 0 spiro atoms. The molecule has 1 N–H and O–H groups in total. The molecule has 1 amide bonds. The molecule has 7 heteroatoms. The predicted octanol–water partition coefficient (Wildman–Crippen LogP) is 3.46. The van der Waals surface area contributed by atoms with E-state index < -0.39 is 0 Å². The van der Waals surface area contributed by atoms with Crippen LogP contribution in [0.2, 0.25) is 0 Å². The molecular weight excluding hydrogens is 400 g/mol. The summed E-state index contributed by atoms with van der Waals surface area (Å²) >= 11 is 0. The largest absolute Gasteiger partial charge is 0.497 e. The number of piperazine rings is 1. The van der Waals surface area contributed by atoms with Crippen molar-refractivity contribution in [2.24, 2.45) is 0 Å². The van der Waals surface area contributed by atoms with E-state index in [0.29, 0.717) is 30.9 Å². The first kappa shape index (κ1) is 21.9. The van der Waals surface area contributed by atoms with Gasteiger partial charge in [-0.15, -0.1) is 12.4 Å². The summed E-state index contributed by atoms with van der Waals surface area (Å²) in [6.07, 6.45) is 1.87. The smallest absolute Gasteiger partial charge is 0.257 e. The number of carbonyl (C=O) groups excluding carboxylic acids is 1. The van der Waals surface area contributed by atoms with Gasteiger partial charge in [-0.2, -0.15) is 5.10 Å². The van der Waals surface area contributed by atoms with E-state index in [0.717, 1.165) is 23.4 Å². The first-order chi connectivity index (χ1) is 14.1. The summed E-state index contributed by atoms with van der Waals surface area (Å²) in [6.45, 7) is 4.91. The predicted molar refractivity (Wildman–Crippen MR) is 120 cm³/mol. The van der Waals surface area contributed by atoms with E-state index in [9.17, 15) is 4.79 Å². The molecule has 0 bridgehead atoms. The Balaban J connectivity index is 0.00000256. The molecule has 6 nitrogen and oxygen atoms in total. The van der Waals surface area contributed by atoms with E-state index in [1.165, 1.54) is 0 Å². The molecule has 2 heterocycles. The molecule has 0 aliphatic carbocycles. The molecule has 3 aromatic rings. The fourth-order valence-electron chi connectivity index (χ4n) is 3.70. The van der Waals surface area contributed by atoms with Crippen LogP contribution in [0.4, 0.5) is 0 Å². The van der Waals surface area contributed by atoms with E-state index in [4.69, 9.17) is 9.84 Å². The van der Waals surface area contributed by atoms with Gasteiger partial charge in [0.05, 0.1) is 19.2 Å². The Hall–Kier alpha value is -2.83. The standard InChI is InChI=1S/C23H26N4O2.ClH/c1-17-14-26(12-11-24-17)23(28)21-16-27(15-18-7-4-3-5-8-18)25-22(21)19-9-6-10-20(13-19)29-2;/h3-10,13,16-17,24H,11-12,14-15H2,1-2H3;1H. The van der Waals surface area contributed by atoms with Gasteiger partial charge in [0, 0.05) is 37.4 Å². The summed E-state index contributed by atoms with van der Waals surface area (Å²) in [6, 6.07) is 18.1. The molecule has 4 rings (SSSR count). The third kappa shape index (κ3) is 4.83. The summed E-state index contributed by atoms with van der Waals surface area (Å²) in [5.41, 5.74) is 3.34. The first-order valence-electron chi connectivity index (χ1n) is 9.92. The van der Waals surface area contributed by atoms with Crippen LogP contribution in [0.15, 0.2) is 60.8 Å². The van der Waals surface area contributed by atoms with Crippen molar-refractivity contribution in [2.75, 3.05) is 26.7 Å². The Morgan fingerprint density at radius 2 is 2.00 bits per heavy atom. The Morgan fingerprint density at radius 3 is 2.73 bits per heavy atom. The summed E-state index contributed by atoms with van der Waals surface area (Å²) in [5, 5.41) is 8.17. The minimum absolute atomic E-state index is 0. The van der Waals surface area contributed by atoms with Crippen LogP contribution in [0.5, 0.6) is 5.75 Å². The molecule has 158 valence electrons. The number of nitrogens with one attached hydrogen (secondary N) is 1. The molecule has 0 saturated carbocycles. The van der Waals surface area contributed by atoms with Gasteiger partial charge in [0.2, 0.25) is 0 Å². The van der Waals surface area contributed by atoms with E-state index >= 15 is 0 Å². The van der Waals surface area contributed by atoms with Gasteiger partial charge in [0.15, 0.2) is 0 Å². The Kier molecular flexibility index (Phi) is 7.13. The van der Waals surface area contributed by atoms with Crippen LogP contribution in [-0.4, -0.2) is 53.4 Å². The number of carbonyl (C=O) groups is 1. The molecule has 1 aromatic heterocycles. The van der Waals surface area contributed by atoms with Gasteiger partial charge in [0.1, 0.15) is 11.4 Å². The molecular formula is C23H27ClN4O2. The number of methoxy groups -OCH3 is 1. The number of halogens is 1. The third-order valence-corrected chi connectivity index (χ3v) is 5.18. The van der Waals surface area contributed by atoms with Crippen LogP contribution in [-0.2, 0) is 6.54 Å². The lowest BCUT2D eigenvalue weighted by molar-refractivity contribution is 0.0709. The van der Waals surface area contributed by atoms with E-state index in [1.807, 2.05) is 58.2 Å². The number of hydrogen-bond acceptors (Lipinski definition) is 4. The lowest BCUT2D eigenvalue weighted by atomic mass is 10.1. The number of amides is 1.